The molecular formula is C25H28N2O6. The Bertz CT molecular complexity index is 1050. The molecule has 0 aliphatic carbocycles. The number of benzene rings is 2. The van der Waals surface area contributed by atoms with Crippen LogP contribution in [0.3, 0.4) is 0 Å². The van der Waals surface area contributed by atoms with Gasteiger partial charge in [-0.25, -0.2) is 9.59 Å². The molecule has 1 fully saturated rings. The third kappa shape index (κ3) is 6.74. The van der Waals surface area contributed by atoms with Crippen molar-refractivity contribution in [2.45, 2.75) is 24.9 Å². The summed E-state index contributed by atoms with van der Waals surface area (Å²) >= 11 is 0. The standard InChI is InChI=1S/C23H26N2O2.C2H2O4/c26-23(22-18-24-17-19-7-4-5-10-21(19)22)11-14-25(15-12-23)13-6-16-27-20-8-2-1-3-9-20;3-1(4)2(5)6/h1-5,7-10,17-18,26H,6,11-16H2;(H,3,4)(H,5,6). The zero-order valence-electron chi connectivity index (χ0n) is 18.3. The highest BCUT2D eigenvalue weighted by atomic mass is 16.5. The number of para-hydroxylation sites is 1. The zero-order valence-corrected chi connectivity index (χ0v) is 18.3. The fourth-order valence-corrected chi connectivity index (χ4v) is 3.90. The van der Waals surface area contributed by atoms with Crippen LogP contribution in [0.2, 0.25) is 0 Å². The van der Waals surface area contributed by atoms with Gasteiger partial charge in [0.05, 0.1) is 12.2 Å². The van der Waals surface area contributed by atoms with Gasteiger partial charge in [0, 0.05) is 43.0 Å². The first-order chi connectivity index (χ1) is 15.9. The van der Waals surface area contributed by atoms with Gasteiger partial charge in [0.2, 0.25) is 0 Å². The molecule has 3 aromatic rings. The van der Waals surface area contributed by atoms with Crippen LogP contribution < -0.4 is 4.74 Å². The predicted molar refractivity (Wildman–Crippen MR) is 123 cm³/mol. The van der Waals surface area contributed by atoms with Gasteiger partial charge in [0.1, 0.15) is 5.75 Å². The minimum absolute atomic E-state index is 0.720. The molecule has 0 atom stereocenters. The summed E-state index contributed by atoms with van der Waals surface area (Å²) in [6, 6.07) is 18.1. The highest BCUT2D eigenvalue weighted by Gasteiger charge is 2.35. The van der Waals surface area contributed by atoms with Gasteiger partial charge in [-0.3, -0.25) is 4.98 Å². The van der Waals surface area contributed by atoms with E-state index in [1.165, 1.54) is 0 Å². The number of hydrogen-bond donors (Lipinski definition) is 3. The predicted octanol–water partition coefficient (Wildman–Crippen LogP) is 3.14. The molecule has 0 amide bonds. The molecular weight excluding hydrogens is 424 g/mol. The largest absolute Gasteiger partial charge is 0.494 e. The lowest BCUT2D eigenvalue weighted by atomic mass is 9.83. The quantitative estimate of drug-likeness (QED) is 0.385. The Morgan fingerprint density at radius 1 is 0.939 bits per heavy atom. The van der Waals surface area contributed by atoms with E-state index >= 15 is 0 Å². The monoisotopic (exact) mass is 452 g/mol. The molecule has 4 rings (SSSR count). The second kappa shape index (κ2) is 11.4. The van der Waals surface area contributed by atoms with Crippen LogP contribution in [-0.4, -0.2) is 63.4 Å². The number of piperidine rings is 1. The number of carbonyl (C=O) groups is 2. The Hall–Kier alpha value is -3.49. The van der Waals surface area contributed by atoms with E-state index in [1.807, 2.05) is 54.9 Å². The van der Waals surface area contributed by atoms with Gasteiger partial charge >= 0.3 is 11.9 Å². The molecule has 3 N–H and O–H groups in total. The van der Waals surface area contributed by atoms with Crippen LogP contribution in [0, 0.1) is 0 Å². The van der Waals surface area contributed by atoms with Crippen LogP contribution in [0.4, 0.5) is 0 Å². The minimum atomic E-state index is -1.82. The number of likely N-dealkylation sites (tertiary alicyclic amines) is 1. The first-order valence-corrected chi connectivity index (χ1v) is 10.8. The van der Waals surface area contributed by atoms with E-state index in [9.17, 15) is 5.11 Å². The Labute approximate surface area is 192 Å². The number of carboxylic acids is 2. The van der Waals surface area contributed by atoms with E-state index in [1.54, 1.807) is 0 Å². The van der Waals surface area contributed by atoms with Gasteiger partial charge < -0.3 is 25.0 Å². The second-order valence-corrected chi connectivity index (χ2v) is 7.91. The van der Waals surface area contributed by atoms with E-state index in [2.05, 4.69) is 22.0 Å². The summed E-state index contributed by atoms with van der Waals surface area (Å²) in [7, 11) is 0. The Kier molecular flexibility index (Phi) is 8.34. The molecule has 0 saturated carbocycles. The molecule has 1 saturated heterocycles. The number of nitrogens with zero attached hydrogens (tertiary/aromatic N) is 2. The van der Waals surface area contributed by atoms with Crippen molar-refractivity contribution in [3.63, 3.8) is 0 Å². The lowest BCUT2D eigenvalue weighted by Crippen LogP contribution is -2.43. The van der Waals surface area contributed by atoms with Crippen LogP contribution >= 0.6 is 0 Å². The molecule has 174 valence electrons. The molecule has 1 aromatic heterocycles. The van der Waals surface area contributed by atoms with Gasteiger partial charge in [-0.1, -0.05) is 42.5 Å². The third-order valence-electron chi connectivity index (χ3n) is 5.67. The van der Waals surface area contributed by atoms with Gasteiger partial charge in [-0.15, -0.1) is 0 Å². The summed E-state index contributed by atoms with van der Waals surface area (Å²) in [5.74, 6) is -2.72. The Morgan fingerprint density at radius 3 is 2.24 bits per heavy atom. The topological polar surface area (TPSA) is 120 Å². The lowest BCUT2D eigenvalue weighted by molar-refractivity contribution is -0.159. The fourth-order valence-electron chi connectivity index (χ4n) is 3.90. The molecule has 0 spiro atoms. The molecule has 2 heterocycles. The highest BCUT2D eigenvalue weighted by molar-refractivity contribution is 6.27. The first-order valence-electron chi connectivity index (χ1n) is 10.8. The summed E-state index contributed by atoms with van der Waals surface area (Å²) in [5, 5.41) is 28.3. The van der Waals surface area contributed by atoms with E-state index < -0.39 is 17.5 Å². The van der Waals surface area contributed by atoms with Gasteiger partial charge in [0.25, 0.3) is 0 Å². The maximum absolute atomic E-state index is 11.3. The maximum Gasteiger partial charge on any atom is 0.414 e. The summed E-state index contributed by atoms with van der Waals surface area (Å²) < 4.78 is 5.77. The average molecular weight is 453 g/mol. The van der Waals surface area contributed by atoms with E-state index in [0.717, 1.165) is 67.6 Å². The van der Waals surface area contributed by atoms with Gasteiger partial charge in [-0.2, -0.15) is 0 Å². The van der Waals surface area contributed by atoms with Crippen molar-refractivity contribution in [1.82, 2.24) is 9.88 Å². The normalized spacial score (nSPS) is 15.3. The van der Waals surface area contributed by atoms with Gasteiger partial charge in [-0.05, 0) is 36.8 Å². The van der Waals surface area contributed by atoms with E-state index in [4.69, 9.17) is 24.5 Å². The molecule has 33 heavy (non-hydrogen) atoms. The number of aliphatic carboxylic acids is 2. The van der Waals surface area contributed by atoms with Crippen LogP contribution in [-0.2, 0) is 15.2 Å². The SMILES string of the molecule is O=C(O)C(=O)O.OC1(c2cncc3ccccc23)CCN(CCCOc2ccccc2)CC1. The summed E-state index contributed by atoms with van der Waals surface area (Å²) in [4.78, 5) is 25.0. The van der Waals surface area contributed by atoms with Crippen LogP contribution in [0.1, 0.15) is 24.8 Å². The molecule has 0 unspecified atom stereocenters. The van der Waals surface area contributed by atoms with Crippen molar-refractivity contribution in [1.29, 1.82) is 0 Å². The van der Waals surface area contributed by atoms with Crippen molar-refractivity contribution in [2.75, 3.05) is 26.2 Å². The molecule has 0 radical (unpaired) electrons. The molecule has 1 aliphatic heterocycles. The summed E-state index contributed by atoms with van der Waals surface area (Å²) in [5.41, 5.74) is 0.179. The van der Waals surface area contributed by atoms with E-state index in [0.29, 0.717) is 0 Å². The van der Waals surface area contributed by atoms with Crippen molar-refractivity contribution in [3.05, 3.63) is 72.6 Å². The van der Waals surface area contributed by atoms with Crippen LogP contribution in [0.15, 0.2) is 67.0 Å². The molecule has 1 aliphatic rings. The molecule has 0 bridgehead atoms. The Balaban J connectivity index is 0.000000454. The van der Waals surface area contributed by atoms with Crippen molar-refractivity contribution >= 4 is 22.7 Å². The molecule has 8 heteroatoms. The van der Waals surface area contributed by atoms with Crippen molar-refractivity contribution < 1.29 is 29.6 Å². The number of hydrogen-bond acceptors (Lipinski definition) is 6. The van der Waals surface area contributed by atoms with Crippen LogP contribution in [0.5, 0.6) is 5.75 Å². The highest BCUT2D eigenvalue weighted by Crippen LogP contribution is 2.36. The fraction of sp³-hybridized carbons (Fsp3) is 0.320. The Morgan fingerprint density at radius 2 is 1.58 bits per heavy atom. The first kappa shape index (κ1) is 24.2. The van der Waals surface area contributed by atoms with Crippen LogP contribution in [0.25, 0.3) is 10.8 Å². The second-order valence-electron chi connectivity index (χ2n) is 7.91. The van der Waals surface area contributed by atoms with Crippen molar-refractivity contribution in [2.24, 2.45) is 0 Å². The smallest absolute Gasteiger partial charge is 0.414 e. The zero-order chi connectivity index (χ0) is 23.7. The van der Waals surface area contributed by atoms with Gasteiger partial charge in [0.15, 0.2) is 0 Å². The average Bonchev–Trinajstić information content (AvgIpc) is 2.83. The van der Waals surface area contributed by atoms with E-state index in [-0.39, 0.29) is 0 Å². The molecule has 2 aromatic carbocycles. The molecule has 8 nitrogen and oxygen atoms in total. The summed E-state index contributed by atoms with van der Waals surface area (Å²) in [6.07, 6.45) is 6.17. The maximum atomic E-state index is 11.3. The number of pyridine rings is 1. The number of rotatable bonds is 6. The number of aromatic nitrogens is 1. The third-order valence-corrected chi connectivity index (χ3v) is 5.67. The number of fused-ring (bicyclic) bond motifs is 1. The van der Waals surface area contributed by atoms with Crippen molar-refractivity contribution in [3.8, 4) is 5.75 Å². The minimum Gasteiger partial charge on any atom is -0.494 e. The number of carboxylic acid groups (broad SMARTS) is 2. The lowest BCUT2D eigenvalue weighted by Gasteiger charge is -2.38. The number of aliphatic hydroxyl groups is 1. The number of ether oxygens (including phenoxy) is 1. The summed E-state index contributed by atoms with van der Waals surface area (Å²) in [6.45, 7) is 3.50.